The summed E-state index contributed by atoms with van der Waals surface area (Å²) in [7, 11) is 0. The fourth-order valence-electron chi connectivity index (χ4n) is 4.54. The molecule has 0 aromatic rings. The second-order valence-electron chi connectivity index (χ2n) is 7.12. The number of carbonyl (C=O) groups excluding carboxylic acids is 1. The smallest absolute Gasteiger partial charge is 0.220 e. The summed E-state index contributed by atoms with van der Waals surface area (Å²) in [5.41, 5.74) is 0. The number of rotatable bonds is 4. The topological polar surface area (TPSA) is 49.3 Å². The standard InChI is InChI=1S/C16H27NO2/c18-15-5-2-11(3-6-15)10-17-16(19)9-14-8-12-1-4-13(14)7-12/h11-15,18H,1-10H2,(H,17,19). The lowest BCUT2D eigenvalue weighted by Gasteiger charge is -2.26. The summed E-state index contributed by atoms with van der Waals surface area (Å²) in [6.45, 7) is 0.826. The van der Waals surface area contributed by atoms with E-state index in [0.717, 1.165) is 50.5 Å². The van der Waals surface area contributed by atoms with Crippen molar-refractivity contribution in [2.45, 2.75) is 63.9 Å². The van der Waals surface area contributed by atoms with Gasteiger partial charge in [0.15, 0.2) is 0 Å². The summed E-state index contributed by atoms with van der Waals surface area (Å²) in [4.78, 5) is 12.0. The summed E-state index contributed by atoms with van der Waals surface area (Å²) in [5, 5.41) is 12.6. The Balaban J connectivity index is 1.35. The highest BCUT2D eigenvalue weighted by Gasteiger charge is 2.40. The van der Waals surface area contributed by atoms with Crippen LogP contribution in [0, 0.1) is 23.7 Å². The molecule has 0 aromatic heterocycles. The van der Waals surface area contributed by atoms with Crippen molar-refractivity contribution in [2.75, 3.05) is 6.54 Å². The predicted molar refractivity (Wildman–Crippen MR) is 74.5 cm³/mol. The molecule has 0 aliphatic heterocycles. The van der Waals surface area contributed by atoms with Gasteiger partial charge in [-0.3, -0.25) is 4.79 Å². The number of nitrogens with one attached hydrogen (secondary N) is 1. The van der Waals surface area contributed by atoms with Gasteiger partial charge in [0.1, 0.15) is 0 Å². The molecule has 1 amide bonds. The third-order valence-corrected chi connectivity index (χ3v) is 5.74. The summed E-state index contributed by atoms with van der Waals surface area (Å²) in [6, 6.07) is 0. The fraction of sp³-hybridized carbons (Fsp3) is 0.938. The molecule has 3 aliphatic carbocycles. The molecule has 0 aromatic carbocycles. The second-order valence-corrected chi connectivity index (χ2v) is 7.12. The lowest BCUT2D eigenvalue weighted by molar-refractivity contribution is -0.122. The first-order valence-corrected chi connectivity index (χ1v) is 8.15. The molecular formula is C16H27NO2. The van der Waals surface area contributed by atoms with E-state index < -0.39 is 0 Å². The Kier molecular flexibility index (Phi) is 4.11. The van der Waals surface area contributed by atoms with Crippen molar-refractivity contribution < 1.29 is 9.90 Å². The Hall–Kier alpha value is -0.570. The molecule has 3 unspecified atom stereocenters. The normalized spacial score (nSPS) is 41.4. The average molecular weight is 265 g/mol. The van der Waals surface area contributed by atoms with Gasteiger partial charge in [-0.1, -0.05) is 6.42 Å². The minimum atomic E-state index is -0.0963. The number of aliphatic hydroxyl groups excluding tert-OH is 1. The van der Waals surface area contributed by atoms with Crippen LogP contribution in [0.15, 0.2) is 0 Å². The van der Waals surface area contributed by atoms with Crippen LogP contribution in [-0.4, -0.2) is 23.7 Å². The van der Waals surface area contributed by atoms with Gasteiger partial charge >= 0.3 is 0 Å². The van der Waals surface area contributed by atoms with Crippen LogP contribution >= 0.6 is 0 Å². The fourth-order valence-corrected chi connectivity index (χ4v) is 4.54. The molecule has 3 nitrogen and oxygen atoms in total. The maximum absolute atomic E-state index is 12.0. The molecule has 3 aliphatic rings. The van der Waals surface area contributed by atoms with Crippen LogP contribution in [0.4, 0.5) is 0 Å². The molecule has 3 heteroatoms. The van der Waals surface area contributed by atoms with Gasteiger partial charge in [0, 0.05) is 13.0 Å². The molecule has 108 valence electrons. The second kappa shape index (κ2) is 5.82. The van der Waals surface area contributed by atoms with Gasteiger partial charge in [-0.25, -0.2) is 0 Å². The number of hydrogen-bond donors (Lipinski definition) is 2. The third-order valence-electron chi connectivity index (χ3n) is 5.74. The Morgan fingerprint density at radius 3 is 2.47 bits per heavy atom. The average Bonchev–Trinajstić information content (AvgIpc) is 3.00. The highest BCUT2D eigenvalue weighted by Crippen LogP contribution is 2.49. The Labute approximate surface area is 116 Å². The molecule has 3 atom stereocenters. The predicted octanol–water partition coefficient (Wildman–Crippen LogP) is 2.48. The molecule has 3 rings (SSSR count). The van der Waals surface area contributed by atoms with Gasteiger partial charge in [-0.2, -0.15) is 0 Å². The molecule has 19 heavy (non-hydrogen) atoms. The number of carbonyl (C=O) groups is 1. The van der Waals surface area contributed by atoms with Crippen molar-refractivity contribution in [3.63, 3.8) is 0 Å². The zero-order chi connectivity index (χ0) is 13.2. The van der Waals surface area contributed by atoms with E-state index in [-0.39, 0.29) is 12.0 Å². The van der Waals surface area contributed by atoms with E-state index in [2.05, 4.69) is 5.32 Å². The Morgan fingerprint density at radius 2 is 1.84 bits per heavy atom. The summed E-state index contributed by atoms with van der Waals surface area (Å²) in [6.07, 6.45) is 10.1. The zero-order valence-corrected chi connectivity index (χ0v) is 11.8. The maximum Gasteiger partial charge on any atom is 0.220 e. The van der Waals surface area contributed by atoms with Crippen LogP contribution in [0.25, 0.3) is 0 Å². The van der Waals surface area contributed by atoms with E-state index in [1.807, 2.05) is 0 Å². The van der Waals surface area contributed by atoms with Crippen LogP contribution in [0.1, 0.15) is 57.8 Å². The lowest BCUT2D eigenvalue weighted by Crippen LogP contribution is -2.33. The molecule has 2 N–H and O–H groups in total. The lowest BCUT2D eigenvalue weighted by atomic mass is 9.85. The molecule has 0 spiro atoms. The first-order chi connectivity index (χ1) is 9.20. The van der Waals surface area contributed by atoms with Gasteiger partial charge in [0.05, 0.1) is 6.10 Å². The first-order valence-electron chi connectivity index (χ1n) is 8.15. The van der Waals surface area contributed by atoms with Crippen LogP contribution in [0.5, 0.6) is 0 Å². The molecule has 3 fully saturated rings. The highest BCUT2D eigenvalue weighted by molar-refractivity contribution is 5.76. The molecule has 0 heterocycles. The van der Waals surface area contributed by atoms with E-state index >= 15 is 0 Å². The molecule has 0 radical (unpaired) electrons. The molecule has 3 saturated carbocycles. The maximum atomic E-state index is 12.0. The number of fused-ring (bicyclic) bond motifs is 2. The minimum Gasteiger partial charge on any atom is -0.393 e. The molecular weight excluding hydrogens is 238 g/mol. The van der Waals surface area contributed by atoms with Crippen LogP contribution in [0.3, 0.4) is 0 Å². The number of aliphatic hydroxyl groups is 1. The van der Waals surface area contributed by atoms with Gasteiger partial charge in [-0.15, -0.1) is 0 Å². The highest BCUT2D eigenvalue weighted by atomic mass is 16.3. The van der Waals surface area contributed by atoms with Gasteiger partial charge in [-0.05, 0) is 68.6 Å². The van der Waals surface area contributed by atoms with Crippen LogP contribution in [-0.2, 0) is 4.79 Å². The third kappa shape index (κ3) is 3.31. The number of amides is 1. The number of hydrogen-bond acceptors (Lipinski definition) is 2. The van der Waals surface area contributed by atoms with Crippen LogP contribution < -0.4 is 5.32 Å². The summed E-state index contributed by atoms with van der Waals surface area (Å²) in [5.74, 6) is 3.31. The van der Waals surface area contributed by atoms with E-state index in [1.165, 1.54) is 25.7 Å². The van der Waals surface area contributed by atoms with Gasteiger partial charge in [0.2, 0.25) is 5.91 Å². The minimum absolute atomic E-state index is 0.0963. The van der Waals surface area contributed by atoms with E-state index in [0.29, 0.717) is 11.8 Å². The Bertz CT molecular complexity index is 323. The van der Waals surface area contributed by atoms with E-state index in [9.17, 15) is 9.90 Å². The van der Waals surface area contributed by atoms with Gasteiger partial charge < -0.3 is 10.4 Å². The van der Waals surface area contributed by atoms with Crippen molar-refractivity contribution in [3.8, 4) is 0 Å². The van der Waals surface area contributed by atoms with Crippen molar-refractivity contribution in [3.05, 3.63) is 0 Å². The zero-order valence-electron chi connectivity index (χ0n) is 11.8. The van der Waals surface area contributed by atoms with Crippen molar-refractivity contribution >= 4 is 5.91 Å². The first kappa shape index (κ1) is 13.4. The van der Waals surface area contributed by atoms with Crippen molar-refractivity contribution in [2.24, 2.45) is 23.7 Å². The summed E-state index contributed by atoms with van der Waals surface area (Å²) >= 11 is 0. The van der Waals surface area contributed by atoms with Crippen LogP contribution in [0.2, 0.25) is 0 Å². The largest absolute Gasteiger partial charge is 0.393 e. The summed E-state index contributed by atoms with van der Waals surface area (Å²) < 4.78 is 0. The quantitative estimate of drug-likeness (QED) is 0.820. The van der Waals surface area contributed by atoms with E-state index in [4.69, 9.17) is 0 Å². The van der Waals surface area contributed by atoms with Crippen molar-refractivity contribution in [1.82, 2.24) is 5.32 Å². The Morgan fingerprint density at radius 1 is 1.05 bits per heavy atom. The van der Waals surface area contributed by atoms with Gasteiger partial charge in [0.25, 0.3) is 0 Å². The monoisotopic (exact) mass is 265 g/mol. The molecule has 0 saturated heterocycles. The van der Waals surface area contributed by atoms with E-state index in [1.54, 1.807) is 0 Å². The molecule has 2 bridgehead atoms. The SMILES string of the molecule is O=C(CC1CC2CCC1C2)NCC1CCC(O)CC1. The van der Waals surface area contributed by atoms with Crippen molar-refractivity contribution in [1.29, 1.82) is 0 Å².